The quantitative estimate of drug-likeness (QED) is 0.894. The third-order valence-electron chi connectivity index (χ3n) is 4.75. The Morgan fingerprint density at radius 1 is 1.31 bits per heavy atom. The zero-order chi connectivity index (χ0) is 18.8. The van der Waals surface area contributed by atoms with Gasteiger partial charge in [-0.25, -0.2) is 8.78 Å². The third-order valence-corrected chi connectivity index (χ3v) is 4.75. The van der Waals surface area contributed by atoms with Crippen LogP contribution < -0.4 is 5.32 Å². The third kappa shape index (κ3) is 3.40. The molecule has 4 rings (SSSR count). The van der Waals surface area contributed by atoms with Gasteiger partial charge in [-0.05, 0) is 18.6 Å². The van der Waals surface area contributed by atoms with Crippen molar-refractivity contribution in [3.63, 3.8) is 0 Å². The van der Waals surface area contributed by atoms with E-state index in [-0.39, 0.29) is 32.9 Å². The molecule has 1 N–H and O–H groups in total. The zero-order valence-electron chi connectivity index (χ0n) is 14.8. The number of likely N-dealkylation sites (tertiary alicyclic amines) is 1. The van der Waals surface area contributed by atoms with Gasteiger partial charge in [-0.2, -0.15) is 0 Å². The van der Waals surface area contributed by atoms with Crippen molar-refractivity contribution in [1.29, 1.82) is 0 Å². The Labute approximate surface area is 152 Å². The van der Waals surface area contributed by atoms with Crippen LogP contribution in [-0.4, -0.2) is 46.6 Å². The highest BCUT2D eigenvalue weighted by molar-refractivity contribution is 5.80. The van der Waals surface area contributed by atoms with Crippen molar-refractivity contribution in [3.8, 4) is 11.5 Å². The number of benzene rings is 1. The summed E-state index contributed by atoms with van der Waals surface area (Å²) in [6.45, 7) is 4.44. The summed E-state index contributed by atoms with van der Waals surface area (Å²) < 4.78 is 32.2. The monoisotopic (exact) mass is 366 g/mol. The van der Waals surface area contributed by atoms with E-state index < -0.39 is 11.3 Å². The summed E-state index contributed by atoms with van der Waals surface area (Å²) >= 11 is 0. The highest BCUT2D eigenvalue weighted by Crippen LogP contribution is 2.64. The van der Waals surface area contributed by atoms with Crippen LogP contribution in [-0.2, 0) is 4.79 Å². The Bertz CT molecular complexity index is 772. The fourth-order valence-electron chi connectivity index (χ4n) is 3.16. The predicted molar refractivity (Wildman–Crippen MR) is 94.9 cm³/mol. The number of aromatic nitrogens is 2. The summed E-state index contributed by atoms with van der Waals surface area (Å²) in [7, 11) is 0. The lowest BCUT2D eigenvalue weighted by molar-refractivity contribution is -0.128. The summed E-state index contributed by atoms with van der Waals surface area (Å²) in [5.41, 5.74) is -0.199. The second kappa shape index (κ2) is 7.01. The summed E-state index contributed by atoms with van der Waals surface area (Å²) in [5, 5.41) is 10.5. The molecule has 2 aromatic rings. The fraction of sp³-hybridized carbons (Fsp3) is 0.500. The van der Waals surface area contributed by atoms with Gasteiger partial charge in [0.25, 0.3) is 5.92 Å². The normalized spacial score (nSPS) is 22.7. The number of alkyl halides is 2. The van der Waals surface area contributed by atoms with Crippen molar-refractivity contribution in [2.75, 3.05) is 25.0 Å². The first-order valence-corrected chi connectivity index (χ1v) is 8.78. The first-order valence-electron chi connectivity index (χ1n) is 8.78. The van der Waals surface area contributed by atoms with Gasteiger partial charge < -0.3 is 14.6 Å². The van der Waals surface area contributed by atoms with Crippen LogP contribution in [0.25, 0.3) is 11.5 Å². The van der Waals surface area contributed by atoms with Crippen LogP contribution in [0.3, 0.4) is 0 Å². The van der Waals surface area contributed by atoms with Crippen molar-refractivity contribution in [1.82, 2.24) is 15.1 Å². The van der Waals surface area contributed by atoms with Gasteiger partial charge in [-0.3, -0.25) is 4.79 Å². The summed E-state index contributed by atoms with van der Waals surface area (Å²) in [4.78, 5) is 13.6. The average Bonchev–Trinajstić information content (AvgIpc) is 3.07. The van der Waals surface area contributed by atoms with Gasteiger partial charge in [0.2, 0.25) is 11.8 Å². The molecule has 1 aromatic heterocycles. The van der Waals surface area contributed by atoms with Crippen LogP contribution in [0.2, 0.25) is 0 Å². The van der Waals surface area contributed by atoms with Gasteiger partial charge in [0.1, 0.15) is 0 Å². The number of hydrogen-bond donors (Lipinski definition) is 1. The zero-order valence-corrected chi connectivity index (χ0v) is 14.8. The van der Waals surface area contributed by atoms with E-state index in [2.05, 4.69) is 15.5 Å². The molecule has 2 aliphatic rings. The summed E-state index contributed by atoms with van der Waals surface area (Å²) in [5.74, 6) is -2.51. The Balaban J connectivity index is 0.000000844. The molecular formula is C18H24F2N4O2. The number of halogens is 2. The van der Waals surface area contributed by atoms with E-state index in [4.69, 9.17) is 4.42 Å². The molecule has 26 heavy (non-hydrogen) atoms. The molecule has 8 heteroatoms. The van der Waals surface area contributed by atoms with E-state index >= 15 is 0 Å². The van der Waals surface area contributed by atoms with E-state index in [1.54, 1.807) is 0 Å². The van der Waals surface area contributed by atoms with Crippen molar-refractivity contribution >= 4 is 11.9 Å². The highest BCUT2D eigenvalue weighted by Gasteiger charge is 2.72. The molecule has 142 valence electrons. The molecule has 6 nitrogen and oxygen atoms in total. The summed E-state index contributed by atoms with van der Waals surface area (Å²) in [6, 6.07) is 9.39. The van der Waals surface area contributed by atoms with Gasteiger partial charge >= 0.3 is 6.01 Å². The Morgan fingerprint density at radius 2 is 2.00 bits per heavy atom. The lowest BCUT2D eigenvalue weighted by atomic mass is 10.1. The number of hydrogen-bond acceptors (Lipinski definition) is 5. The van der Waals surface area contributed by atoms with Crippen LogP contribution in [0.1, 0.15) is 28.1 Å². The van der Waals surface area contributed by atoms with Crippen LogP contribution in [0.15, 0.2) is 34.7 Å². The maximum absolute atomic E-state index is 13.4. The molecular weight excluding hydrogens is 342 g/mol. The number of amides is 1. The van der Waals surface area contributed by atoms with E-state index in [1.165, 1.54) is 4.90 Å². The molecule has 1 aliphatic heterocycles. The molecule has 1 aliphatic carbocycles. The second-order valence-corrected chi connectivity index (χ2v) is 6.36. The van der Waals surface area contributed by atoms with Gasteiger partial charge in [0, 0.05) is 26.5 Å². The minimum Gasteiger partial charge on any atom is -0.403 e. The fourth-order valence-corrected chi connectivity index (χ4v) is 3.16. The smallest absolute Gasteiger partial charge is 0.316 e. The molecule has 1 aromatic carbocycles. The van der Waals surface area contributed by atoms with Crippen LogP contribution in [0, 0.1) is 5.41 Å². The van der Waals surface area contributed by atoms with Crippen molar-refractivity contribution in [2.24, 2.45) is 5.41 Å². The van der Waals surface area contributed by atoms with Crippen molar-refractivity contribution < 1.29 is 19.4 Å². The molecule has 1 spiro atoms. The van der Waals surface area contributed by atoms with Gasteiger partial charge in [-0.15, -0.1) is 5.10 Å². The largest absolute Gasteiger partial charge is 0.403 e. The molecule has 0 bridgehead atoms. The first-order chi connectivity index (χ1) is 12.5. The van der Waals surface area contributed by atoms with E-state index in [1.807, 2.05) is 44.2 Å². The summed E-state index contributed by atoms with van der Waals surface area (Å²) in [6.07, 6.45) is 0.256. The second-order valence-electron chi connectivity index (χ2n) is 6.36. The number of nitrogens with zero attached hydrogens (tertiary/aromatic N) is 3. The average molecular weight is 366 g/mol. The van der Waals surface area contributed by atoms with Crippen LogP contribution >= 0.6 is 0 Å². The maximum atomic E-state index is 13.4. The van der Waals surface area contributed by atoms with Crippen LogP contribution in [0.4, 0.5) is 14.8 Å². The number of nitrogens with one attached hydrogen (secondary N) is 1. The standard InChI is InChI=1S/C16H16F2N4O2.C2H6.H2/c17-16(18)9-15(16)6-7-22(10-15)12(23)8-19-14-21-20-13(24-14)11-4-2-1-3-5-11;1-2;/h1-5H,6-10H2,(H,19,21);1-2H3;1H. The predicted octanol–water partition coefficient (Wildman–Crippen LogP) is 3.68. The Kier molecular flexibility index (Phi) is 4.93. The molecule has 1 atom stereocenters. The first kappa shape index (κ1) is 18.3. The lowest BCUT2D eigenvalue weighted by Gasteiger charge is -2.16. The topological polar surface area (TPSA) is 71.3 Å². The number of anilines is 1. The molecule has 1 saturated carbocycles. The maximum Gasteiger partial charge on any atom is 0.316 e. The van der Waals surface area contributed by atoms with E-state index in [0.29, 0.717) is 18.9 Å². The van der Waals surface area contributed by atoms with E-state index in [9.17, 15) is 13.6 Å². The lowest BCUT2D eigenvalue weighted by Crippen LogP contribution is -2.34. The van der Waals surface area contributed by atoms with Crippen molar-refractivity contribution in [2.45, 2.75) is 32.6 Å². The minimum atomic E-state index is -2.62. The van der Waals surface area contributed by atoms with Gasteiger partial charge in [0.05, 0.1) is 12.0 Å². The van der Waals surface area contributed by atoms with Crippen molar-refractivity contribution in [3.05, 3.63) is 30.3 Å². The molecule has 1 unspecified atom stereocenters. The Hall–Kier alpha value is -2.51. The van der Waals surface area contributed by atoms with Gasteiger partial charge in [0.15, 0.2) is 0 Å². The SMILES string of the molecule is CC.O=C(CNc1nnc(-c2ccccc2)o1)N1CCC2(C1)CC2(F)F.[HH]. The van der Waals surface area contributed by atoms with Gasteiger partial charge in [-0.1, -0.05) is 37.1 Å². The molecule has 2 heterocycles. The van der Waals surface area contributed by atoms with Crippen LogP contribution in [0.5, 0.6) is 0 Å². The highest BCUT2D eigenvalue weighted by atomic mass is 19.3. The Morgan fingerprint density at radius 3 is 2.62 bits per heavy atom. The molecule has 1 amide bonds. The molecule has 0 radical (unpaired) electrons. The number of carbonyl (C=O) groups is 1. The number of carbonyl (C=O) groups excluding carboxylic acids is 1. The minimum absolute atomic E-state index is 0. The molecule has 1 saturated heterocycles. The molecule has 2 fully saturated rings. The van der Waals surface area contributed by atoms with E-state index in [0.717, 1.165) is 5.56 Å². The number of rotatable bonds is 4.